The molecule has 3 nitrogen and oxygen atoms in total. The number of esters is 1. The van der Waals surface area contributed by atoms with E-state index in [1.165, 1.54) is 7.11 Å². The second-order valence-electron chi connectivity index (χ2n) is 1.98. The van der Waals surface area contributed by atoms with E-state index >= 15 is 0 Å². The average Bonchev–Trinajstić information content (AvgIpc) is 2.23. The van der Waals surface area contributed by atoms with Gasteiger partial charge in [-0.05, 0) is 6.07 Å². The first-order valence-electron chi connectivity index (χ1n) is 4.04. The number of carbonyl (C=O) groups excluding carboxylic acids is 1. The van der Waals surface area contributed by atoms with Gasteiger partial charge in [-0.15, -0.1) is 0 Å². The molecule has 78 valence electrons. The molecule has 0 fully saturated rings. The molecule has 0 aliphatic heterocycles. The number of carbonyl (C=O) groups is 1. The second kappa shape index (κ2) is 6.32. The molecule has 0 atom stereocenters. The zero-order valence-corrected chi connectivity index (χ0v) is 8.93. The van der Waals surface area contributed by atoms with Gasteiger partial charge in [0.05, 0.1) is 18.9 Å². The lowest BCUT2D eigenvalue weighted by Crippen LogP contribution is -2.03. The second-order valence-corrected chi connectivity index (χ2v) is 2.34. The SMILES string of the molecule is CC.COC(=O)c1cc(F)cnc1Cl. The van der Waals surface area contributed by atoms with Gasteiger partial charge in [-0.25, -0.2) is 14.2 Å². The highest BCUT2D eigenvalue weighted by Crippen LogP contribution is 2.14. The van der Waals surface area contributed by atoms with Crippen LogP contribution in [0, 0.1) is 5.82 Å². The smallest absolute Gasteiger partial charge is 0.341 e. The van der Waals surface area contributed by atoms with Gasteiger partial charge in [0, 0.05) is 0 Å². The molecule has 0 aliphatic rings. The zero-order chi connectivity index (χ0) is 11.1. The molecule has 14 heavy (non-hydrogen) atoms. The summed E-state index contributed by atoms with van der Waals surface area (Å²) in [5, 5.41) is -0.0664. The Morgan fingerprint density at radius 2 is 2.14 bits per heavy atom. The minimum absolute atomic E-state index is 0.0664. The normalized spacial score (nSPS) is 8.64. The van der Waals surface area contributed by atoms with Crippen molar-refractivity contribution in [3.05, 3.63) is 28.8 Å². The van der Waals surface area contributed by atoms with Crippen molar-refractivity contribution in [3.63, 3.8) is 0 Å². The molecule has 0 saturated carbocycles. The van der Waals surface area contributed by atoms with Crippen LogP contribution in [0.5, 0.6) is 0 Å². The molecule has 0 aromatic carbocycles. The summed E-state index contributed by atoms with van der Waals surface area (Å²) in [5.41, 5.74) is -0.0702. The van der Waals surface area contributed by atoms with Crippen molar-refractivity contribution in [1.82, 2.24) is 4.98 Å². The maximum absolute atomic E-state index is 12.5. The highest BCUT2D eigenvalue weighted by atomic mass is 35.5. The van der Waals surface area contributed by atoms with E-state index in [1.807, 2.05) is 13.8 Å². The number of ether oxygens (including phenoxy) is 1. The number of halogens is 2. The van der Waals surface area contributed by atoms with Crippen LogP contribution in [0.15, 0.2) is 12.3 Å². The summed E-state index contributed by atoms with van der Waals surface area (Å²) < 4.78 is 16.9. The van der Waals surface area contributed by atoms with Gasteiger partial charge < -0.3 is 4.74 Å². The summed E-state index contributed by atoms with van der Waals surface area (Å²) in [7, 11) is 1.18. The van der Waals surface area contributed by atoms with Gasteiger partial charge >= 0.3 is 5.97 Å². The number of pyridine rings is 1. The molecule has 1 aromatic heterocycles. The van der Waals surface area contributed by atoms with Gasteiger partial charge in [0.25, 0.3) is 0 Å². The Kier molecular flexibility index (Phi) is 5.79. The van der Waals surface area contributed by atoms with Crippen LogP contribution >= 0.6 is 11.6 Å². The van der Waals surface area contributed by atoms with Crippen LogP contribution in [0.4, 0.5) is 4.39 Å². The summed E-state index contributed by atoms with van der Waals surface area (Å²) in [5.74, 6) is -1.33. The molecule has 1 heterocycles. The van der Waals surface area contributed by atoms with Crippen molar-refractivity contribution in [2.75, 3.05) is 7.11 Å². The van der Waals surface area contributed by atoms with E-state index in [0.29, 0.717) is 0 Å². The maximum atomic E-state index is 12.5. The van der Waals surface area contributed by atoms with Gasteiger partial charge in [-0.2, -0.15) is 0 Å². The molecule has 0 unspecified atom stereocenters. The largest absolute Gasteiger partial charge is 0.465 e. The lowest BCUT2D eigenvalue weighted by molar-refractivity contribution is 0.0600. The first-order chi connectivity index (χ1) is 6.65. The van der Waals surface area contributed by atoms with Crippen molar-refractivity contribution in [1.29, 1.82) is 0 Å². The average molecular weight is 220 g/mol. The monoisotopic (exact) mass is 219 g/mol. The highest BCUT2D eigenvalue weighted by Gasteiger charge is 2.12. The Morgan fingerprint density at radius 1 is 1.57 bits per heavy atom. The highest BCUT2D eigenvalue weighted by molar-refractivity contribution is 6.32. The molecule has 0 N–H and O–H groups in total. The Hall–Kier alpha value is -1.16. The van der Waals surface area contributed by atoms with Gasteiger partial charge in [0.1, 0.15) is 11.0 Å². The number of hydrogen-bond donors (Lipinski definition) is 0. The van der Waals surface area contributed by atoms with Crippen LogP contribution in [-0.4, -0.2) is 18.1 Å². The van der Waals surface area contributed by atoms with Gasteiger partial charge in [-0.3, -0.25) is 0 Å². The van der Waals surface area contributed by atoms with Crippen LogP contribution < -0.4 is 0 Å². The fraction of sp³-hybridized carbons (Fsp3) is 0.333. The predicted octanol–water partition coefficient (Wildman–Crippen LogP) is 2.69. The van der Waals surface area contributed by atoms with E-state index in [0.717, 1.165) is 12.3 Å². The number of hydrogen-bond acceptors (Lipinski definition) is 3. The first kappa shape index (κ1) is 12.8. The summed E-state index contributed by atoms with van der Waals surface area (Å²) in [6, 6.07) is 0.973. The predicted molar refractivity (Wildman–Crippen MR) is 51.9 cm³/mol. The third-order valence-electron chi connectivity index (χ3n) is 1.21. The third kappa shape index (κ3) is 3.30. The minimum atomic E-state index is -0.702. The molecule has 0 bridgehead atoms. The topological polar surface area (TPSA) is 39.2 Å². The van der Waals surface area contributed by atoms with E-state index < -0.39 is 11.8 Å². The lowest BCUT2D eigenvalue weighted by atomic mass is 10.3. The van der Waals surface area contributed by atoms with Crippen molar-refractivity contribution < 1.29 is 13.9 Å². The van der Waals surface area contributed by atoms with Crippen molar-refractivity contribution >= 4 is 17.6 Å². The molecular formula is C9H11ClFNO2. The summed E-state index contributed by atoms with van der Waals surface area (Å²) in [6.07, 6.45) is 0.925. The molecule has 1 aromatic rings. The quantitative estimate of drug-likeness (QED) is 0.539. The van der Waals surface area contributed by atoms with Gasteiger partial charge in [-0.1, -0.05) is 25.4 Å². The molecule has 1 rings (SSSR count). The fourth-order valence-electron chi connectivity index (χ4n) is 0.676. The number of methoxy groups -OCH3 is 1. The maximum Gasteiger partial charge on any atom is 0.341 e. The molecule has 0 spiro atoms. The van der Waals surface area contributed by atoms with Crippen molar-refractivity contribution in [2.45, 2.75) is 13.8 Å². The zero-order valence-electron chi connectivity index (χ0n) is 8.17. The Bertz CT molecular complexity index is 318. The van der Waals surface area contributed by atoms with Crippen LogP contribution in [0.1, 0.15) is 24.2 Å². The molecule has 0 amide bonds. The number of rotatable bonds is 1. The van der Waals surface area contributed by atoms with Crippen molar-refractivity contribution in [2.24, 2.45) is 0 Å². The van der Waals surface area contributed by atoms with Gasteiger partial charge in [0.2, 0.25) is 0 Å². The Morgan fingerprint density at radius 3 is 2.64 bits per heavy atom. The summed E-state index contributed by atoms with van der Waals surface area (Å²) in [6.45, 7) is 4.00. The molecule has 5 heteroatoms. The Labute approximate surface area is 86.9 Å². The Balaban J connectivity index is 0.000000791. The van der Waals surface area contributed by atoms with Crippen LogP contribution in [0.3, 0.4) is 0 Å². The molecule has 0 saturated heterocycles. The third-order valence-corrected chi connectivity index (χ3v) is 1.51. The van der Waals surface area contributed by atoms with E-state index in [1.54, 1.807) is 0 Å². The molecule has 0 aliphatic carbocycles. The molecule has 0 radical (unpaired) electrons. The summed E-state index contributed by atoms with van der Waals surface area (Å²) >= 11 is 5.49. The van der Waals surface area contributed by atoms with Crippen LogP contribution in [-0.2, 0) is 4.74 Å². The van der Waals surface area contributed by atoms with Crippen molar-refractivity contribution in [3.8, 4) is 0 Å². The van der Waals surface area contributed by atoms with Gasteiger partial charge in [0.15, 0.2) is 0 Å². The van der Waals surface area contributed by atoms with Crippen LogP contribution in [0.25, 0.3) is 0 Å². The first-order valence-corrected chi connectivity index (χ1v) is 4.42. The number of aromatic nitrogens is 1. The van der Waals surface area contributed by atoms with E-state index in [2.05, 4.69) is 9.72 Å². The lowest BCUT2D eigenvalue weighted by Gasteiger charge is -1.99. The number of nitrogens with zero attached hydrogens (tertiary/aromatic N) is 1. The molecular weight excluding hydrogens is 209 g/mol. The summed E-state index contributed by atoms with van der Waals surface area (Å²) in [4.78, 5) is 14.3. The standard InChI is InChI=1S/C7H5ClFNO2.C2H6/c1-12-7(11)5-2-4(9)3-10-6(5)8;1-2/h2-3H,1H3;1-2H3. The van der Waals surface area contributed by atoms with Crippen LogP contribution in [0.2, 0.25) is 5.15 Å². The van der Waals surface area contributed by atoms with E-state index in [9.17, 15) is 9.18 Å². The van der Waals surface area contributed by atoms with E-state index in [4.69, 9.17) is 11.6 Å². The minimum Gasteiger partial charge on any atom is -0.465 e. The fourth-order valence-corrected chi connectivity index (χ4v) is 0.856. The van der Waals surface area contributed by atoms with E-state index in [-0.39, 0.29) is 10.7 Å².